The highest BCUT2D eigenvalue weighted by Crippen LogP contribution is 2.43. The average molecular weight is 282 g/mol. The Hall–Kier alpha value is -1.46. The second kappa shape index (κ2) is 6.81. The standard InChI is InChI=1S/C15H22O5/c1-17-13-7-6-11(14(18-2)15(13)19-3)12(16)9-10-5-4-8-20-10/h6-7,10,12,16H,4-5,8-9H2,1-3H3. The number of aliphatic hydroxyl groups is 1. The molecule has 1 aliphatic rings. The summed E-state index contributed by atoms with van der Waals surface area (Å²) in [6.07, 6.45) is 2.08. The lowest BCUT2D eigenvalue weighted by atomic mass is 10.0. The van der Waals surface area contributed by atoms with Crippen LogP contribution in [-0.4, -0.2) is 39.1 Å². The van der Waals surface area contributed by atoms with E-state index in [1.807, 2.05) is 0 Å². The number of ether oxygens (including phenoxy) is 4. The fourth-order valence-electron chi connectivity index (χ4n) is 2.59. The van der Waals surface area contributed by atoms with E-state index in [1.54, 1.807) is 33.5 Å². The Labute approximate surface area is 119 Å². The first-order chi connectivity index (χ1) is 9.71. The van der Waals surface area contributed by atoms with Crippen LogP contribution >= 0.6 is 0 Å². The van der Waals surface area contributed by atoms with Crippen molar-refractivity contribution in [3.05, 3.63) is 17.7 Å². The highest BCUT2D eigenvalue weighted by Gasteiger charge is 2.25. The molecule has 2 rings (SSSR count). The summed E-state index contributed by atoms with van der Waals surface area (Å²) in [7, 11) is 4.68. The molecule has 5 nitrogen and oxygen atoms in total. The summed E-state index contributed by atoms with van der Waals surface area (Å²) >= 11 is 0. The third-order valence-corrected chi connectivity index (χ3v) is 3.60. The van der Waals surface area contributed by atoms with Gasteiger partial charge in [0.15, 0.2) is 11.5 Å². The number of hydrogen-bond donors (Lipinski definition) is 1. The molecule has 0 aromatic heterocycles. The first kappa shape index (κ1) is 14.9. The smallest absolute Gasteiger partial charge is 0.203 e. The summed E-state index contributed by atoms with van der Waals surface area (Å²) in [4.78, 5) is 0. The quantitative estimate of drug-likeness (QED) is 0.867. The largest absolute Gasteiger partial charge is 0.493 e. The van der Waals surface area contributed by atoms with Crippen LogP contribution in [0.3, 0.4) is 0 Å². The molecule has 0 saturated carbocycles. The van der Waals surface area contributed by atoms with Crippen LogP contribution in [0, 0.1) is 0 Å². The number of hydrogen-bond acceptors (Lipinski definition) is 5. The molecular weight excluding hydrogens is 260 g/mol. The van der Waals surface area contributed by atoms with Gasteiger partial charge in [0.2, 0.25) is 5.75 Å². The molecule has 2 atom stereocenters. The van der Waals surface area contributed by atoms with Crippen LogP contribution in [0.4, 0.5) is 0 Å². The maximum atomic E-state index is 10.4. The molecule has 0 radical (unpaired) electrons. The molecule has 0 aliphatic carbocycles. The highest BCUT2D eigenvalue weighted by molar-refractivity contribution is 5.56. The van der Waals surface area contributed by atoms with Crippen molar-refractivity contribution < 1.29 is 24.1 Å². The van der Waals surface area contributed by atoms with Crippen molar-refractivity contribution in [3.63, 3.8) is 0 Å². The van der Waals surface area contributed by atoms with Gasteiger partial charge in [-0.2, -0.15) is 0 Å². The lowest BCUT2D eigenvalue weighted by Crippen LogP contribution is -2.12. The summed E-state index contributed by atoms with van der Waals surface area (Å²) in [6, 6.07) is 3.58. The molecule has 0 amide bonds. The van der Waals surface area contributed by atoms with Gasteiger partial charge in [-0.1, -0.05) is 0 Å². The monoisotopic (exact) mass is 282 g/mol. The number of benzene rings is 1. The van der Waals surface area contributed by atoms with Gasteiger partial charge in [-0.3, -0.25) is 0 Å². The summed E-state index contributed by atoms with van der Waals surface area (Å²) in [5.74, 6) is 1.59. The predicted octanol–water partition coefficient (Wildman–Crippen LogP) is 2.31. The third kappa shape index (κ3) is 2.99. The van der Waals surface area contributed by atoms with Crippen LogP contribution in [0.1, 0.15) is 30.9 Å². The van der Waals surface area contributed by atoms with Gasteiger partial charge in [0.05, 0.1) is 33.5 Å². The Balaban J connectivity index is 2.25. The van der Waals surface area contributed by atoms with Gasteiger partial charge in [0, 0.05) is 18.6 Å². The lowest BCUT2D eigenvalue weighted by molar-refractivity contribution is 0.0524. The molecule has 20 heavy (non-hydrogen) atoms. The first-order valence-electron chi connectivity index (χ1n) is 6.79. The maximum Gasteiger partial charge on any atom is 0.203 e. The van der Waals surface area contributed by atoms with Crippen molar-refractivity contribution in [1.82, 2.24) is 0 Å². The second-order valence-corrected chi connectivity index (χ2v) is 4.81. The van der Waals surface area contributed by atoms with E-state index in [0.29, 0.717) is 29.2 Å². The molecule has 1 fully saturated rings. The molecule has 1 saturated heterocycles. The molecule has 1 aliphatic heterocycles. The van der Waals surface area contributed by atoms with Crippen LogP contribution in [0.2, 0.25) is 0 Å². The summed E-state index contributed by atoms with van der Waals surface area (Å²) < 4.78 is 21.5. The summed E-state index contributed by atoms with van der Waals surface area (Å²) in [5.41, 5.74) is 0.695. The fourth-order valence-corrected chi connectivity index (χ4v) is 2.59. The fraction of sp³-hybridized carbons (Fsp3) is 0.600. The summed E-state index contributed by atoms with van der Waals surface area (Å²) in [6.45, 7) is 0.778. The Morgan fingerprint density at radius 2 is 1.95 bits per heavy atom. The molecule has 1 aromatic rings. The zero-order valence-corrected chi connectivity index (χ0v) is 12.2. The number of rotatable bonds is 6. The van der Waals surface area contributed by atoms with Gasteiger partial charge in [-0.25, -0.2) is 0 Å². The molecule has 0 bridgehead atoms. The minimum atomic E-state index is -0.646. The molecule has 1 heterocycles. The van der Waals surface area contributed by atoms with Gasteiger partial charge in [-0.15, -0.1) is 0 Å². The third-order valence-electron chi connectivity index (χ3n) is 3.60. The van der Waals surface area contributed by atoms with E-state index >= 15 is 0 Å². The molecule has 1 aromatic carbocycles. The van der Waals surface area contributed by atoms with Crippen LogP contribution in [0.5, 0.6) is 17.2 Å². The van der Waals surface area contributed by atoms with Crippen LogP contribution < -0.4 is 14.2 Å². The van der Waals surface area contributed by atoms with Crippen molar-refractivity contribution >= 4 is 0 Å². The van der Waals surface area contributed by atoms with Crippen molar-refractivity contribution in [2.24, 2.45) is 0 Å². The molecule has 112 valence electrons. The Kier molecular flexibility index (Phi) is 5.09. The van der Waals surface area contributed by atoms with Gasteiger partial charge < -0.3 is 24.1 Å². The molecular formula is C15H22O5. The zero-order valence-electron chi connectivity index (χ0n) is 12.2. The number of methoxy groups -OCH3 is 3. The van der Waals surface area contributed by atoms with Crippen LogP contribution in [0.25, 0.3) is 0 Å². The van der Waals surface area contributed by atoms with E-state index in [1.165, 1.54) is 0 Å². The van der Waals surface area contributed by atoms with Crippen LogP contribution in [0.15, 0.2) is 12.1 Å². The SMILES string of the molecule is COc1ccc(C(O)CC2CCCO2)c(OC)c1OC. The average Bonchev–Trinajstić information content (AvgIpc) is 2.98. The van der Waals surface area contributed by atoms with E-state index in [9.17, 15) is 5.11 Å². The normalized spacial score (nSPS) is 19.7. The Morgan fingerprint density at radius 1 is 1.20 bits per heavy atom. The van der Waals surface area contributed by atoms with Gasteiger partial charge in [-0.05, 0) is 25.0 Å². The Morgan fingerprint density at radius 3 is 2.50 bits per heavy atom. The highest BCUT2D eigenvalue weighted by atomic mass is 16.5. The van der Waals surface area contributed by atoms with Gasteiger partial charge >= 0.3 is 0 Å². The predicted molar refractivity (Wildman–Crippen MR) is 74.6 cm³/mol. The maximum absolute atomic E-state index is 10.4. The zero-order chi connectivity index (χ0) is 14.5. The minimum absolute atomic E-state index is 0.114. The van der Waals surface area contributed by atoms with E-state index < -0.39 is 6.10 Å². The van der Waals surface area contributed by atoms with Crippen molar-refractivity contribution in [2.45, 2.75) is 31.5 Å². The lowest BCUT2D eigenvalue weighted by Gasteiger charge is -2.20. The summed E-state index contributed by atoms with van der Waals surface area (Å²) in [5, 5.41) is 10.4. The second-order valence-electron chi connectivity index (χ2n) is 4.81. The van der Waals surface area contributed by atoms with Gasteiger partial charge in [0.25, 0.3) is 0 Å². The minimum Gasteiger partial charge on any atom is -0.493 e. The van der Waals surface area contributed by atoms with E-state index in [0.717, 1.165) is 19.4 Å². The van der Waals surface area contributed by atoms with Crippen LogP contribution in [-0.2, 0) is 4.74 Å². The molecule has 0 spiro atoms. The van der Waals surface area contributed by atoms with Gasteiger partial charge in [0.1, 0.15) is 0 Å². The number of aliphatic hydroxyl groups excluding tert-OH is 1. The molecule has 5 heteroatoms. The first-order valence-corrected chi connectivity index (χ1v) is 6.79. The van der Waals surface area contributed by atoms with Crippen molar-refractivity contribution in [2.75, 3.05) is 27.9 Å². The van der Waals surface area contributed by atoms with Crippen molar-refractivity contribution in [3.8, 4) is 17.2 Å². The molecule has 2 unspecified atom stereocenters. The Bertz CT molecular complexity index is 440. The van der Waals surface area contributed by atoms with E-state index in [-0.39, 0.29) is 6.10 Å². The van der Waals surface area contributed by atoms with Crippen molar-refractivity contribution in [1.29, 1.82) is 0 Å². The topological polar surface area (TPSA) is 57.2 Å². The molecule has 1 N–H and O–H groups in total. The van der Waals surface area contributed by atoms with E-state index in [2.05, 4.69) is 0 Å². The van der Waals surface area contributed by atoms with E-state index in [4.69, 9.17) is 18.9 Å².